The summed E-state index contributed by atoms with van der Waals surface area (Å²) in [6, 6.07) is 19.4. The van der Waals surface area contributed by atoms with Crippen molar-refractivity contribution in [1.29, 1.82) is 0 Å². The van der Waals surface area contributed by atoms with E-state index in [1.807, 2.05) is 13.8 Å². The summed E-state index contributed by atoms with van der Waals surface area (Å²) < 4.78 is 38.5. The zero-order chi connectivity index (χ0) is 25.4. The maximum Gasteiger partial charge on any atom is 0.261 e. The SMILES string of the molecule is COc1ccc(NS(=O)(=O)c2ccc(NC(=S)NC(=O)c3cccc(OCC(C)C)c3)cc2)cc1. The Morgan fingerprint density at radius 3 is 2.23 bits per heavy atom. The number of rotatable bonds is 9. The quantitative estimate of drug-likeness (QED) is 0.358. The molecule has 0 bridgehead atoms. The van der Waals surface area contributed by atoms with Crippen molar-refractivity contribution in [3.63, 3.8) is 0 Å². The predicted octanol–water partition coefficient (Wildman–Crippen LogP) is 4.66. The number of benzene rings is 3. The smallest absolute Gasteiger partial charge is 0.261 e. The van der Waals surface area contributed by atoms with Crippen molar-refractivity contribution in [3.8, 4) is 11.5 Å². The lowest BCUT2D eigenvalue weighted by atomic mass is 10.2. The molecular weight excluding hydrogens is 486 g/mol. The summed E-state index contributed by atoms with van der Waals surface area (Å²) in [5.74, 6) is 1.20. The van der Waals surface area contributed by atoms with Crippen molar-refractivity contribution in [1.82, 2.24) is 5.32 Å². The molecule has 3 N–H and O–H groups in total. The van der Waals surface area contributed by atoms with Crippen molar-refractivity contribution in [2.75, 3.05) is 23.8 Å². The number of sulfonamides is 1. The van der Waals surface area contributed by atoms with Gasteiger partial charge in [-0.05, 0) is 84.9 Å². The molecule has 0 radical (unpaired) electrons. The summed E-state index contributed by atoms with van der Waals surface area (Å²) >= 11 is 5.23. The number of methoxy groups -OCH3 is 1. The summed E-state index contributed by atoms with van der Waals surface area (Å²) in [4.78, 5) is 12.6. The van der Waals surface area contributed by atoms with Gasteiger partial charge >= 0.3 is 0 Å². The molecule has 184 valence electrons. The molecule has 10 heteroatoms. The van der Waals surface area contributed by atoms with Crippen LogP contribution in [0.4, 0.5) is 11.4 Å². The van der Waals surface area contributed by atoms with Crippen molar-refractivity contribution in [3.05, 3.63) is 78.4 Å². The lowest BCUT2D eigenvalue weighted by molar-refractivity contribution is 0.0977. The summed E-state index contributed by atoms with van der Waals surface area (Å²) in [6.45, 7) is 4.63. The summed E-state index contributed by atoms with van der Waals surface area (Å²) in [6.07, 6.45) is 0. The van der Waals surface area contributed by atoms with Gasteiger partial charge in [0.1, 0.15) is 11.5 Å². The van der Waals surface area contributed by atoms with E-state index in [0.717, 1.165) is 0 Å². The number of hydrogen-bond acceptors (Lipinski definition) is 6. The number of carbonyl (C=O) groups is 1. The number of nitrogens with one attached hydrogen (secondary N) is 3. The van der Waals surface area contributed by atoms with Crippen LogP contribution in [0, 0.1) is 5.92 Å². The van der Waals surface area contributed by atoms with Crippen LogP contribution in [-0.4, -0.2) is 33.2 Å². The van der Waals surface area contributed by atoms with Crippen LogP contribution in [0.2, 0.25) is 0 Å². The number of carbonyl (C=O) groups excluding carboxylic acids is 1. The first kappa shape index (κ1) is 26.0. The largest absolute Gasteiger partial charge is 0.497 e. The molecule has 8 nitrogen and oxygen atoms in total. The minimum atomic E-state index is -3.78. The molecule has 0 heterocycles. The van der Waals surface area contributed by atoms with Gasteiger partial charge < -0.3 is 14.8 Å². The lowest BCUT2D eigenvalue weighted by Crippen LogP contribution is -2.34. The van der Waals surface area contributed by atoms with Gasteiger partial charge in [0.2, 0.25) is 0 Å². The van der Waals surface area contributed by atoms with E-state index in [1.54, 1.807) is 60.7 Å². The molecule has 0 saturated carbocycles. The minimum Gasteiger partial charge on any atom is -0.497 e. The molecule has 0 fully saturated rings. The Hall–Kier alpha value is -3.63. The highest BCUT2D eigenvalue weighted by Crippen LogP contribution is 2.21. The third kappa shape index (κ3) is 7.69. The van der Waals surface area contributed by atoms with E-state index in [0.29, 0.717) is 41.0 Å². The highest BCUT2D eigenvalue weighted by molar-refractivity contribution is 7.92. The number of thiocarbonyl (C=S) groups is 1. The van der Waals surface area contributed by atoms with E-state index < -0.39 is 10.0 Å². The molecule has 3 aromatic carbocycles. The van der Waals surface area contributed by atoms with Crippen LogP contribution in [0.3, 0.4) is 0 Å². The van der Waals surface area contributed by atoms with Gasteiger partial charge in [0, 0.05) is 16.9 Å². The Morgan fingerprint density at radius 1 is 0.943 bits per heavy atom. The third-order valence-electron chi connectivity index (χ3n) is 4.67. The average Bonchev–Trinajstić information content (AvgIpc) is 2.83. The number of amides is 1. The number of hydrogen-bond donors (Lipinski definition) is 3. The van der Waals surface area contributed by atoms with Gasteiger partial charge in [0.25, 0.3) is 15.9 Å². The maximum absolute atomic E-state index is 12.6. The second kappa shape index (κ2) is 11.7. The zero-order valence-corrected chi connectivity index (χ0v) is 21.2. The second-order valence-corrected chi connectivity index (χ2v) is 10.1. The molecule has 0 aliphatic carbocycles. The monoisotopic (exact) mass is 513 g/mol. The second-order valence-electron chi connectivity index (χ2n) is 8.00. The predicted molar refractivity (Wildman–Crippen MR) is 141 cm³/mol. The van der Waals surface area contributed by atoms with Crippen LogP contribution in [0.15, 0.2) is 77.7 Å². The molecule has 0 saturated heterocycles. The molecule has 3 rings (SSSR count). The Labute approximate surface area is 210 Å². The standard InChI is InChI=1S/C25H27N3O5S2/c1-17(2)16-33-22-6-4-5-18(15-22)24(29)27-25(34)26-19-9-13-23(14-10-19)35(30,31)28-20-7-11-21(32-3)12-8-20/h4-15,17,28H,16H2,1-3H3,(H2,26,27,29,34). The molecule has 3 aromatic rings. The van der Waals surface area contributed by atoms with Crippen molar-refractivity contribution in [2.24, 2.45) is 5.92 Å². The molecule has 0 spiro atoms. The molecule has 0 aliphatic heterocycles. The van der Waals surface area contributed by atoms with Crippen molar-refractivity contribution in [2.45, 2.75) is 18.7 Å². The van der Waals surface area contributed by atoms with Gasteiger partial charge in [-0.15, -0.1) is 0 Å². The van der Waals surface area contributed by atoms with Crippen LogP contribution in [-0.2, 0) is 10.0 Å². The minimum absolute atomic E-state index is 0.0760. The van der Waals surface area contributed by atoms with Crippen LogP contribution in [0.1, 0.15) is 24.2 Å². The summed E-state index contributed by atoms with van der Waals surface area (Å²) in [5, 5.41) is 5.57. The molecule has 35 heavy (non-hydrogen) atoms. The van der Waals surface area contributed by atoms with Crippen LogP contribution in [0.5, 0.6) is 11.5 Å². The van der Waals surface area contributed by atoms with Gasteiger partial charge in [-0.3, -0.25) is 14.8 Å². The zero-order valence-electron chi connectivity index (χ0n) is 19.6. The van der Waals surface area contributed by atoms with E-state index in [-0.39, 0.29) is 15.9 Å². The third-order valence-corrected chi connectivity index (χ3v) is 6.27. The van der Waals surface area contributed by atoms with Crippen LogP contribution >= 0.6 is 12.2 Å². The maximum atomic E-state index is 12.6. The van der Waals surface area contributed by atoms with Gasteiger partial charge in [-0.2, -0.15) is 0 Å². The van der Waals surface area contributed by atoms with Crippen molar-refractivity contribution < 1.29 is 22.7 Å². The summed E-state index contributed by atoms with van der Waals surface area (Å²) in [5.41, 5.74) is 1.34. The molecule has 0 unspecified atom stereocenters. The highest BCUT2D eigenvalue weighted by Gasteiger charge is 2.15. The summed E-state index contributed by atoms with van der Waals surface area (Å²) in [7, 11) is -2.25. The van der Waals surface area contributed by atoms with Gasteiger partial charge in [-0.25, -0.2) is 8.42 Å². The lowest BCUT2D eigenvalue weighted by Gasteiger charge is -2.12. The fourth-order valence-electron chi connectivity index (χ4n) is 2.92. The first-order chi connectivity index (χ1) is 16.7. The van der Waals surface area contributed by atoms with Gasteiger partial charge in [0.15, 0.2) is 5.11 Å². The van der Waals surface area contributed by atoms with Crippen LogP contribution in [0.25, 0.3) is 0 Å². The van der Waals surface area contributed by atoms with Crippen LogP contribution < -0.4 is 24.8 Å². The Bertz CT molecular complexity index is 1280. The first-order valence-electron chi connectivity index (χ1n) is 10.8. The first-order valence-corrected chi connectivity index (χ1v) is 12.7. The molecule has 0 aliphatic rings. The van der Waals surface area contributed by atoms with E-state index in [2.05, 4.69) is 15.4 Å². The van der Waals surface area contributed by atoms with Gasteiger partial charge in [-0.1, -0.05) is 19.9 Å². The Kier molecular flexibility index (Phi) is 8.67. The normalized spacial score (nSPS) is 11.0. The van der Waals surface area contributed by atoms with E-state index in [4.69, 9.17) is 21.7 Å². The molecular formula is C25H27N3O5S2. The van der Waals surface area contributed by atoms with Gasteiger partial charge in [0.05, 0.1) is 18.6 Å². The van der Waals surface area contributed by atoms with Crippen molar-refractivity contribution >= 4 is 44.6 Å². The number of ether oxygens (including phenoxy) is 2. The highest BCUT2D eigenvalue weighted by atomic mass is 32.2. The topological polar surface area (TPSA) is 106 Å². The molecule has 0 atom stereocenters. The fourth-order valence-corrected chi connectivity index (χ4v) is 4.19. The molecule has 1 amide bonds. The fraction of sp³-hybridized carbons (Fsp3) is 0.200. The Morgan fingerprint density at radius 2 is 1.60 bits per heavy atom. The Balaban J connectivity index is 1.58. The van der Waals surface area contributed by atoms with E-state index in [1.165, 1.54) is 19.2 Å². The molecule has 0 aromatic heterocycles. The number of anilines is 2. The van der Waals surface area contributed by atoms with E-state index >= 15 is 0 Å². The van der Waals surface area contributed by atoms with E-state index in [9.17, 15) is 13.2 Å². The average molecular weight is 514 g/mol.